The Morgan fingerprint density at radius 3 is 2.52 bits per heavy atom. The lowest BCUT2D eigenvalue weighted by Crippen LogP contribution is -2.49. The molecule has 0 radical (unpaired) electrons. The molecule has 2 fully saturated rings. The molecule has 40 heavy (non-hydrogen) atoms. The summed E-state index contributed by atoms with van der Waals surface area (Å²) in [6.07, 6.45) is 5.74. The standard InChI is InChI=1S/C29H32FN9O/c1-37-12-14-38(15-13-37)19-7-9-20(10-8-19)39-28-25(27(31)32-17-33-28)26(36-39)18-6-11-22(21(30)16-18)34-29-35-23-4-2-3-5-24(23)40-29/h2-6,11,16-17,19-20H,7-10,12-15H2,1H3,(H,34,35)(H2,31,32,33). The van der Waals surface area contributed by atoms with Crippen LogP contribution in [0.1, 0.15) is 31.7 Å². The van der Waals surface area contributed by atoms with Gasteiger partial charge in [-0.3, -0.25) is 4.90 Å². The summed E-state index contributed by atoms with van der Waals surface area (Å²) >= 11 is 0. The highest BCUT2D eigenvalue weighted by Gasteiger charge is 2.30. The molecule has 1 saturated heterocycles. The second-order valence-electron chi connectivity index (χ2n) is 10.9. The first-order valence-electron chi connectivity index (χ1n) is 13.9. The van der Waals surface area contributed by atoms with E-state index in [1.807, 2.05) is 35.0 Å². The second-order valence-corrected chi connectivity index (χ2v) is 10.9. The van der Waals surface area contributed by atoms with Gasteiger partial charge in [0.1, 0.15) is 29.2 Å². The summed E-state index contributed by atoms with van der Waals surface area (Å²) in [5.74, 6) is -0.114. The Morgan fingerprint density at radius 1 is 0.975 bits per heavy atom. The molecule has 3 N–H and O–H groups in total. The van der Waals surface area contributed by atoms with E-state index in [1.165, 1.54) is 12.4 Å². The molecule has 0 bridgehead atoms. The minimum absolute atomic E-state index is 0.208. The van der Waals surface area contributed by atoms with Crippen LogP contribution < -0.4 is 11.1 Å². The van der Waals surface area contributed by atoms with Crippen LogP contribution in [-0.4, -0.2) is 73.8 Å². The van der Waals surface area contributed by atoms with Crippen molar-refractivity contribution in [2.75, 3.05) is 44.3 Å². The van der Waals surface area contributed by atoms with Crippen LogP contribution in [0.15, 0.2) is 53.2 Å². The van der Waals surface area contributed by atoms with Crippen molar-refractivity contribution in [1.29, 1.82) is 0 Å². The molecule has 1 aliphatic heterocycles. The van der Waals surface area contributed by atoms with Crippen LogP contribution in [0.2, 0.25) is 0 Å². The fourth-order valence-electron chi connectivity index (χ4n) is 6.11. The van der Waals surface area contributed by atoms with E-state index in [0.29, 0.717) is 45.3 Å². The van der Waals surface area contributed by atoms with Crippen molar-refractivity contribution in [2.45, 2.75) is 37.8 Å². The molecular weight excluding hydrogens is 509 g/mol. The summed E-state index contributed by atoms with van der Waals surface area (Å²) in [4.78, 5) is 18.2. The minimum atomic E-state index is -0.453. The number of aromatic nitrogens is 5. The van der Waals surface area contributed by atoms with Gasteiger partial charge in [0.25, 0.3) is 6.01 Å². The first kappa shape index (κ1) is 24.9. The number of benzene rings is 2. The second kappa shape index (κ2) is 10.1. The van der Waals surface area contributed by atoms with Gasteiger partial charge in [0.15, 0.2) is 11.2 Å². The van der Waals surface area contributed by atoms with Crippen LogP contribution in [0.5, 0.6) is 0 Å². The Bertz CT molecular complexity index is 1630. The van der Waals surface area contributed by atoms with Crippen molar-refractivity contribution in [3.63, 3.8) is 0 Å². The topological polar surface area (TPSA) is 114 Å². The molecule has 0 spiro atoms. The van der Waals surface area contributed by atoms with Crippen molar-refractivity contribution < 1.29 is 8.81 Å². The van der Waals surface area contributed by atoms with Crippen LogP contribution in [0.3, 0.4) is 0 Å². The molecule has 2 aliphatic rings. The Morgan fingerprint density at radius 2 is 1.75 bits per heavy atom. The van der Waals surface area contributed by atoms with Gasteiger partial charge in [-0.25, -0.2) is 19.0 Å². The van der Waals surface area contributed by atoms with E-state index in [9.17, 15) is 0 Å². The highest BCUT2D eigenvalue weighted by Crippen LogP contribution is 2.38. The van der Waals surface area contributed by atoms with Crippen LogP contribution in [0.25, 0.3) is 33.4 Å². The lowest BCUT2D eigenvalue weighted by atomic mass is 9.90. The zero-order valence-electron chi connectivity index (χ0n) is 22.4. The zero-order chi connectivity index (χ0) is 27.2. The van der Waals surface area contributed by atoms with Gasteiger partial charge in [0.05, 0.1) is 17.1 Å². The van der Waals surface area contributed by atoms with Gasteiger partial charge >= 0.3 is 0 Å². The Hall–Kier alpha value is -4.09. The van der Waals surface area contributed by atoms with Crippen molar-refractivity contribution in [2.24, 2.45) is 0 Å². The van der Waals surface area contributed by atoms with Gasteiger partial charge in [-0.05, 0) is 57.0 Å². The number of para-hydroxylation sites is 2. The average Bonchev–Trinajstić information content (AvgIpc) is 3.57. The SMILES string of the molecule is CN1CCN(C2CCC(n3nc(-c4ccc(Nc5nc6ccccc6o5)c(F)c4)c4c(N)ncnc43)CC2)CC1. The molecular formula is C29H32FN9O. The molecule has 3 aromatic heterocycles. The minimum Gasteiger partial charge on any atom is -0.423 e. The summed E-state index contributed by atoms with van der Waals surface area (Å²) in [6.45, 7) is 4.52. The number of nitrogens with two attached hydrogens (primary N) is 1. The quantitative estimate of drug-likeness (QED) is 0.323. The number of fused-ring (bicyclic) bond motifs is 2. The number of likely N-dealkylation sites (N-methyl/N-ethyl adjacent to an activating group) is 1. The van der Waals surface area contributed by atoms with Crippen LogP contribution >= 0.6 is 0 Å². The Labute approximate surface area is 231 Å². The maximum atomic E-state index is 15.3. The maximum absolute atomic E-state index is 15.3. The van der Waals surface area contributed by atoms with Gasteiger partial charge < -0.3 is 20.4 Å². The number of oxazole rings is 1. The third-order valence-electron chi connectivity index (χ3n) is 8.36. The molecule has 11 heteroatoms. The van der Waals surface area contributed by atoms with E-state index < -0.39 is 5.82 Å². The van der Waals surface area contributed by atoms with Crippen LogP contribution in [-0.2, 0) is 0 Å². The van der Waals surface area contributed by atoms with Crippen molar-refractivity contribution in [1.82, 2.24) is 34.5 Å². The van der Waals surface area contributed by atoms with Gasteiger partial charge in [-0.2, -0.15) is 10.1 Å². The average molecular weight is 542 g/mol. The summed E-state index contributed by atoms with van der Waals surface area (Å²) in [6, 6.07) is 13.4. The van der Waals surface area contributed by atoms with E-state index in [0.717, 1.165) is 51.9 Å². The van der Waals surface area contributed by atoms with E-state index in [2.05, 4.69) is 37.1 Å². The molecule has 0 atom stereocenters. The van der Waals surface area contributed by atoms with Crippen molar-refractivity contribution in [3.05, 3.63) is 54.6 Å². The number of nitrogens with zero attached hydrogens (tertiary/aromatic N) is 7. The predicted molar refractivity (Wildman–Crippen MR) is 153 cm³/mol. The molecule has 2 aromatic carbocycles. The third kappa shape index (κ3) is 4.54. The molecule has 10 nitrogen and oxygen atoms in total. The van der Waals surface area contributed by atoms with E-state index >= 15 is 4.39 Å². The molecule has 5 aromatic rings. The maximum Gasteiger partial charge on any atom is 0.300 e. The molecule has 7 rings (SSSR count). The fourth-order valence-corrected chi connectivity index (χ4v) is 6.11. The van der Waals surface area contributed by atoms with Gasteiger partial charge in [0.2, 0.25) is 0 Å². The number of rotatable bonds is 5. The van der Waals surface area contributed by atoms with E-state index in [4.69, 9.17) is 15.2 Å². The molecule has 4 heterocycles. The lowest BCUT2D eigenvalue weighted by Gasteiger charge is -2.41. The zero-order valence-corrected chi connectivity index (χ0v) is 22.4. The number of hydrogen-bond acceptors (Lipinski definition) is 9. The monoisotopic (exact) mass is 541 g/mol. The summed E-state index contributed by atoms with van der Waals surface area (Å²) in [5.41, 5.74) is 9.81. The summed E-state index contributed by atoms with van der Waals surface area (Å²) in [5, 5.41) is 8.57. The predicted octanol–water partition coefficient (Wildman–Crippen LogP) is 4.83. The van der Waals surface area contributed by atoms with Crippen LogP contribution in [0, 0.1) is 5.82 Å². The van der Waals surface area contributed by atoms with Crippen molar-refractivity contribution in [3.8, 4) is 11.3 Å². The van der Waals surface area contributed by atoms with E-state index in [-0.39, 0.29) is 17.7 Å². The Balaban J connectivity index is 1.15. The highest BCUT2D eigenvalue weighted by atomic mass is 19.1. The van der Waals surface area contributed by atoms with Crippen LogP contribution in [0.4, 0.5) is 21.9 Å². The first-order chi connectivity index (χ1) is 19.5. The van der Waals surface area contributed by atoms with Gasteiger partial charge in [-0.15, -0.1) is 0 Å². The molecule has 0 amide bonds. The summed E-state index contributed by atoms with van der Waals surface area (Å²) in [7, 11) is 2.19. The fraction of sp³-hybridized carbons (Fsp3) is 0.379. The molecule has 1 saturated carbocycles. The third-order valence-corrected chi connectivity index (χ3v) is 8.36. The molecule has 0 unspecified atom stereocenters. The first-order valence-corrected chi connectivity index (χ1v) is 13.9. The molecule has 1 aliphatic carbocycles. The van der Waals surface area contributed by atoms with Crippen molar-refractivity contribution >= 4 is 39.7 Å². The molecule has 206 valence electrons. The largest absolute Gasteiger partial charge is 0.423 e. The van der Waals surface area contributed by atoms with Gasteiger partial charge in [0, 0.05) is 37.8 Å². The number of anilines is 3. The number of piperazine rings is 1. The number of hydrogen-bond donors (Lipinski definition) is 2. The number of halogens is 1. The summed E-state index contributed by atoms with van der Waals surface area (Å²) < 4.78 is 23.0. The smallest absolute Gasteiger partial charge is 0.300 e. The highest BCUT2D eigenvalue weighted by molar-refractivity contribution is 5.98. The number of nitrogen functional groups attached to an aromatic ring is 1. The number of nitrogens with one attached hydrogen (secondary N) is 1. The Kier molecular flexibility index (Phi) is 6.32. The van der Waals surface area contributed by atoms with E-state index in [1.54, 1.807) is 6.07 Å². The van der Waals surface area contributed by atoms with Gasteiger partial charge in [-0.1, -0.05) is 18.2 Å². The normalized spacial score (nSPS) is 20.9. The lowest BCUT2D eigenvalue weighted by molar-refractivity contribution is 0.0815.